The summed E-state index contributed by atoms with van der Waals surface area (Å²) in [6, 6.07) is 0.696. The first-order valence-electron chi connectivity index (χ1n) is 7.35. The van der Waals surface area contributed by atoms with E-state index in [0.29, 0.717) is 11.5 Å². The van der Waals surface area contributed by atoms with E-state index in [0.717, 1.165) is 26.2 Å². The Kier molecular flexibility index (Phi) is 4.35. The second-order valence-corrected chi connectivity index (χ2v) is 7.27. The van der Waals surface area contributed by atoms with Crippen molar-refractivity contribution >= 4 is 0 Å². The summed E-state index contributed by atoms with van der Waals surface area (Å²) in [4.78, 5) is 2.47. The molecule has 0 aromatic heterocycles. The van der Waals surface area contributed by atoms with Crippen molar-refractivity contribution in [3.05, 3.63) is 0 Å². The van der Waals surface area contributed by atoms with Gasteiger partial charge >= 0.3 is 0 Å². The van der Waals surface area contributed by atoms with Gasteiger partial charge in [-0.3, -0.25) is 0 Å². The van der Waals surface area contributed by atoms with Gasteiger partial charge < -0.3 is 14.7 Å². The van der Waals surface area contributed by atoms with Crippen LogP contribution in [0.2, 0.25) is 0 Å². The lowest BCUT2D eigenvalue weighted by Crippen LogP contribution is -2.45. The number of hydrogen-bond acceptors (Lipinski definition) is 3. The van der Waals surface area contributed by atoms with Gasteiger partial charge in [0.05, 0.1) is 13.2 Å². The minimum absolute atomic E-state index is 0.00170. The molecule has 1 atom stereocenters. The van der Waals surface area contributed by atoms with Gasteiger partial charge in [0.15, 0.2) is 0 Å². The van der Waals surface area contributed by atoms with Crippen LogP contribution in [0, 0.1) is 10.8 Å². The summed E-state index contributed by atoms with van der Waals surface area (Å²) < 4.78 is 5.49. The molecule has 1 saturated carbocycles. The van der Waals surface area contributed by atoms with E-state index in [-0.39, 0.29) is 12.0 Å². The van der Waals surface area contributed by atoms with Crippen molar-refractivity contribution in [1.29, 1.82) is 0 Å². The summed E-state index contributed by atoms with van der Waals surface area (Å²) in [6.45, 7) is 7.54. The first kappa shape index (κ1) is 14.3. The van der Waals surface area contributed by atoms with Crippen LogP contribution in [0.5, 0.6) is 0 Å². The van der Waals surface area contributed by atoms with Gasteiger partial charge in [0.25, 0.3) is 0 Å². The average Bonchev–Trinajstić information content (AvgIpc) is 2.78. The standard InChI is InChI=1S/C15H29NO2/c1-14(2)6-4-13(5-7-14)16(3)10-15(11-17)8-9-18-12-15/h13,17H,4-12H2,1-3H3. The second kappa shape index (κ2) is 5.48. The van der Waals surface area contributed by atoms with Crippen molar-refractivity contribution in [3.63, 3.8) is 0 Å². The molecule has 3 heteroatoms. The van der Waals surface area contributed by atoms with Crippen LogP contribution < -0.4 is 0 Å². The molecule has 2 aliphatic rings. The zero-order valence-corrected chi connectivity index (χ0v) is 12.2. The molecule has 0 aromatic rings. The van der Waals surface area contributed by atoms with Crippen molar-refractivity contribution in [2.75, 3.05) is 33.4 Å². The highest BCUT2D eigenvalue weighted by Crippen LogP contribution is 2.38. The summed E-state index contributed by atoms with van der Waals surface area (Å²) in [5, 5.41) is 9.64. The number of rotatable bonds is 4. The third-order valence-corrected chi connectivity index (χ3v) is 5.04. The molecule has 1 aliphatic heterocycles. The van der Waals surface area contributed by atoms with Crippen molar-refractivity contribution in [1.82, 2.24) is 4.90 Å². The van der Waals surface area contributed by atoms with Gasteiger partial charge in [0.1, 0.15) is 0 Å². The summed E-state index contributed by atoms with van der Waals surface area (Å²) in [5.41, 5.74) is 0.532. The molecule has 1 unspecified atom stereocenters. The van der Waals surface area contributed by atoms with Crippen LogP contribution in [-0.2, 0) is 4.74 Å². The molecule has 0 radical (unpaired) electrons. The molecule has 1 heterocycles. The average molecular weight is 255 g/mol. The van der Waals surface area contributed by atoms with E-state index in [1.54, 1.807) is 0 Å². The summed E-state index contributed by atoms with van der Waals surface area (Å²) in [7, 11) is 2.22. The van der Waals surface area contributed by atoms with Crippen LogP contribution in [0.3, 0.4) is 0 Å². The van der Waals surface area contributed by atoms with Gasteiger partial charge in [-0.1, -0.05) is 13.8 Å². The molecule has 0 bridgehead atoms. The number of hydrogen-bond donors (Lipinski definition) is 1. The van der Waals surface area contributed by atoms with Crippen LogP contribution in [0.15, 0.2) is 0 Å². The van der Waals surface area contributed by atoms with Gasteiger partial charge in [-0.25, -0.2) is 0 Å². The number of ether oxygens (including phenoxy) is 1. The SMILES string of the molecule is CN(CC1(CO)CCOC1)C1CCC(C)(C)CC1. The van der Waals surface area contributed by atoms with Crippen LogP contribution in [0.25, 0.3) is 0 Å². The highest BCUT2D eigenvalue weighted by Gasteiger charge is 2.38. The van der Waals surface area contributed by atoms with E-state index in [2.05, 4.69) is 25.8 Å². The van der Waals surface area contributed by atoms with Gasteiger partial charge in [-0.15, -0.1) is 0 Å². The number of aliphatic hydroxyl groups excluding tert-OH is 1. The van der Waals surface area contributed by atoms with Crippen molar-refractivity contribution in [2.24, 2.45) is 10.8 Å². The van der Waals surface area contributed by atoms with E-state index in [4.69, 9.17) is 4.74 Å². The molecule has 1 aliphatic carbocycles. The molecular formula is C15H29NO2. The first-order valence-corrected chi connectivity index (χ1v) is 7.35. The molecule has 18 heavy (non-hydrogen) atoms. The minimum atomic E-state index is 0.00170. The smallest absolute Gasteiger partial charge is 0.0557 e. The lowest BCUT2D eigenvalue weighted by atomic mass is 9.75. The normalized spacial score (nSPS) is 33.2. The van der Waals surface area contributed by atoms with Crippen LogP contribution in [0.4, 0.5) is 0 Å². The molecule has 0 spiro atoms. The molecular weight excluding hydrogens is 226 g/mol. The topological polar surface area (TPSA) is 32.7 Å². The Balaban J connectivity index is 1.86. The first-order chi connectivity index (χ1) is 8.46. The van der Waals surface area contributed by atoms with Crippen molar-refractivity contribution in [3.8, 4) is 0 Å². The Hall–Kier alpha value is -0.120. The maximum atomic E-state index is 9.64. The van der Waals surface area contributed by atoms with Crippen LogP contribution in [0.1, 0.15) is 46.0 Å². The zero-order valence-electron chi connectivity index (χ0n) is 12.2. The number of aliphatic hydroxyl groups is 1. The summed E-state index contributed by atoms with van der Waals surface area (Å²) in [6.07, 6.45) is 6.25. The largest absolute Gasteiger partial charge is 0.396 e. The van der Waals surface area contributed by atoms with Crippen LogP contribution >= 0.6 is 0 Å². The molecule has 1 saturated heterocycles. The van der Waals surface area contributed by atoms with Gasteiger partial charge in [-0.2, -0.15) is 0 Å². The molecule has 1 N–H and O–H groups in total. The Bertz CT molecular complexity index is 262. The molecule has 2 fully saturated rings. The molecule has 106 valence electrons. The Morgan fingerprint density at radius 1 is 1.22 bits per heavy atom. The Labute approximate surface area is 112 Å². The summed E-state index contributed by atoms with van der Waals surface area (Å²) in [5.74, 6) is 0. The molecule has 0 amide bonds. The lowest BCUT2D eigenvalue weighted by molar-refractivity contribution is 0.0363. The fourth-order valence-electron chi connectivity index (χ4n) is 3.43. The highest BCUT2D eigenvalue weighted by atomic mass is 16.5. The van der Waals surface area contributed by atoms with E-state index in [9.17, 15) is 5.11 Å². The van der Waals surface area contributed by atoms with E-state index in [1.807, 2.05) is 0 Å². The van der Waals surface area contributed by atoms with Crippen LogP contribution in [-0.4, -0.2) is 49.5 Å². The Morgan fingerprint density at radius 2 is 1.89 bits per heavy atom. The predicted octanol–water partition coefficient (Wildman–Crippen LogP) is 2.29. The lowest BCUT2D eigenvalue weighted by Gasteiger charge is -2.41. The fourth-order valence-corrected chi connectivity index (χ4v) is 3.43. The summed E-state index contributed by atoms with van der Waals surface area (Å²) >= 11 is 0. The van der Waals surface area contributed by atoms with Crippen molar-refractivity contribution < 1.29 is 9.84 Å². The quantitative estimate of drug-likeness (QED) is 0.836. The Morgan fingerprint density at radius 3 is 2.39 bits per heavy atom. The van der Waals surface area contributed by atoms with Crippen molar-refractivity contribution in [2.45, 2.75) is 52.0 Å². The molecule has 3 nitrogen and oxygen atoms in total. The van der Waals surface area contributed by atoms with Gasteiger partial charge in [0, 0.05) is 24.6 Å². The van der Waals surface area contributed by atoms with E-state index >= 15 is 0 Å². The predicted molar refractivity (Wildman–Crippen MR) is 73.6 cm³/mol. The fraction of sp³-hybridized carbons (Fsp3) is 1.00. The zero-order chi connectivity index (χ0) is 13.2. The highest BCUT2D eigenvalue weighted by molar-refractivity contribution is 4.89. The minimum Gasteiger partial charge on any atom is -0.396 e. The molecule has 0 aromatic carbocycles. The molecule has 2 rings (SSSR count). The monoisotopic (exact) mass is 255 g/mol. The van der Waals surface area contributed by atoms with E-state index in [1.165, 1.54) is 25.7 Å². The number of nitrogens with zero attached hydrogens (tertiary/aromatic N) is 1. The van der Waals surface area contributed by atoms with Gasteiger partial charge in [-0.05, 0) is 44.6 Å². The maximum absolute atomic E-state index is 9.64. The third-order valence-electron chi connectivity index (χ3n) is 5.04. The third kappa shape index (κ3) is 3.25. The second-order valence-electron chi connectivity index (χ2n) is 7.27. The maximum Gasteiger partial charge on any atom is 0.0557 e. The van der Waals surface area contributed by atoms with E-state index < -0.39 is 0 Å². The van der Waals surface area contributed by atoms with Gasteiger partial charge in [0.2, 0.25) is 0 Å².